The van der Waals surface area contributed by atoms with Gasteiger partial charge in [-0.05, 0) is 44.6 Å². The summed E-state index contributed by atoms with van der Waals surface area (Å²) in [5, 5.41) is 2.87. The van der Waals surface area contributed by atoms with Crippen LogP contribution in [0.25, 0.3) is 0 Å². The summed E-state index contributed by atoms with van der Waals surface area (Å²) in [6.07, 6.45) is 0.773. The standard InChI is InChI=1S/C13H23NO4S/c1-13(2,3)18-12(16)14-10-5-6-19-8-9(10)7-11(15)17-4/h9-10H,5-8H2,1-4H3,(H,14,16). The van der Waals surface area contributed by atoms with Crippen LogP contribution in [-0.4, -0.2) is 42.3 Å². The number of nitrogens with one attached hydrogen (secondary N) is 1. The summed E-state index contributed by atoms with van der Waals surface area (Å²) in [5.41, 5.74) is -0.509. The van der Waals surface area contributed by atoms with Gasteiger partial charge in [-0.15, -0.1) is 0 Å². The van der Waals surface area contributed by atoms with Gasteiger partial charge in [0.2, 0.25) is 0 Å². The van der Waals surface area contributed by atoms with Crippen molar-refractivity contribution in [2.24, 2.45) is 5.92 Å². The van der Waals surface area contributed by atoms with Gasteiger partial charge in [-0.1, -0.05) is 0 Å². The number of hydrogen-bond acceptors (Lipinski definition) is 5. The third kappa shape index (κ3) is 6.18. The number of alkyl carbamates (subject to hydrolysis) is 1. The molecule has 1 fully saturated rings. The van der Waals surface area contributed by atoms with E-state index < -0.39 is 11.7 Å². The Morgan fingerprint density at radius 2 is 2.05 bits per heavy atom. The molecule has 2 atom stereocenters. The number of thioether (sulfide) groups is 1. The normalized spacial score (nSPS) is 23.6. The number of rotatable bonds is 3. The molecule has 0 spiro atoms. The minimum absolute atomic E-state index is 0.0183. The van der Waals surface area contributed by atoms with Gasteiger partial charge in [0.1, 0.15) is 5.60 Å². The van der Waals surface area contributed by atoms with E-state index in [2.05, 4.69) is 5.32 Å². The van der Waals surface area contributed by atoms with E-state index in [1.165, 1.54) is 7.11 Å². The van der Waals surface area contributed by atoms with Gasteiger partial charge in [-0.3, -0.25) is 4.79 Å². The first-order valence-corrected chi connectivity index (χ1v) is 7.61. The van der Waals surface area contributed by atoms with Gasteiger partial charge in [-0.25, -0.2) is 4.79 Å². The molecule has 6 heteroatoms. The molecule has 1 amide bonds. The first kappa shape index (κ1) is 16.1. The zero-order valence-electron chi connectivity index (χ0n) is 12.0. The fraction of sp³-hybridized carbons (Fsp3) is 0.846. The minimum Gasteiger partial charge on any atom is -0.469 e. The average Bonchev–Trinajstić information content (AvgIpc) is 2.29. The molecular weight excluding hydrogens is 266 g/mol. The van der Waals surface area contributed by atoms with Crippen LogP contribution in [0.5, 0.6) is 0 Å². The highest BCUT2D eigenvalue weighted by atomic mass is 32.2. The maximum absolute atomic E-state index is 11.8. The first-order chi connectivity index (χ1) is 8.81. The summed E-state index contributed by atoms with van der Waals surface area (Å²) in [6.45, 7) is 5.49. The second-order valence-corrected chi connectivity index (χ2v) is 6.81. The van der Waals surface area contributed by atoms with Gasteiger partial charge in [-0.2, -0.15) is 11.8 Å². The molecule has 110 valence electrons. The summed E-state index contributed by atoms with van der Waals surface area (Å²) < 4.78 is 9.94. The van der Waals surface area contributed by atoms with E-state index in [0.717, 1.165) is 17.9 Å². The van der Waals surface area contributed by atoms with Crippen LogP contribution < -0.4 is 5.32 Å². The van der Waals surface area contributed by atoms with Gasteiger partial charge >= 0.3 is 12.1 Å². The van der Waals surface area contributed by atoms with Gasteiger partial charge in [0.05, 0.1) is 13.5 Å². The van der Waals surface area contributed by atoms with Gasteiger partial charge < -0.3 is 14.8 Å². The van der Waals surface area contributed by atoms with E-state index in [-0.39, 0.29) is 17.9 Å². The topological polar surface area (TPSA) is 64.6 Å². The molecular formula is C13H23NO4S. The fourth-order valence-electron chi connectivity index (χ4n) is 1.94. The largest absolute Gasteiger partial charge is 0.469 e. The van der Waals surface area contributed by atoms with E-state index in [9.17, 15) is 9.59 Å². The molecule has 5 nitrogen and oxygen atoms in total. The molecule has 2 unspecified atom stereocenters. The lowest BCUT2D eigenvalue weighted by Crippen LogP contribution is -2.46. The Morgan fingerprint density at radius 3 is 2.63 bits per heavy atom. The van der Waals surface area contributed by atoms with Crippen molar-refractivity contribution in [3.8, 4) is 0 Å². The maximum atomic E-state index is 11.8. The van der Waals surface area contributed by atoms with Crippen molar-refractivity contribution in [3.63, 3.8) is 0 Å². The van der Waals surface area contributed by atoms with Crippen molar-refractivity contribution in [2.45, 2.75) is 45.3 Å². The summed E-state index contributed by atoms with van der Waals surface area (Å²) >= 11 is 1.80. The molecule has 1 heterocycles. The third-order valence-electron chi connectivity index (χ3n) is 2.83. The Balaban J connectivity index is 2.52. The number of methoxy groups -OCH3 is 1. The van der Waals surface area contributed by atoms with Crippen LogP contribution >= 0.6 is 11.8 Å². The van der Waals surface area contributed by atoms with Crippen molar-refractivity contribution < 1.29 is 19.1 Å². The van der Waals surface area contributed by atoms with E-state index in [1.807, 2.05) is 20.8 Å². The minimum atomic E-state index is -0.509. The molecule has 0 aromatic heterocycles. The Bertz CT molecular complexity index is 327. The molecule has 1 N–H and O–H groups in total. The van der Waals surface area contributed by atoms with Crippen LogP contribution in [0.4, 0.5) is 4.79 Å². The molecule has 0 aromatic rings. The smallest absolute Gasteiger partial charge is 0.407 e. The first-order valence-electron chi connectivity index (χ1n) is 6.46. The summed E-state index contributed by atoms with van der Waals surface area (Å²) in [5.74, 6) is 1.72. The maximum Gasteiger partial charge on any atom is 0.407 e. The van der Waals surface area contributed by atoms with E-state index in [4.69, 9.17) is 9.47 Å². The van der Waals surface area contributed by atoms with E-state index in [0.29, 0.717) is 6.42 Å². The molecule has 19 heavy (non-hydrogen) atoms. The molecule has 0 radical (unpaired) electrons. The number of ether oxygens (including phenoxy) is 2. The number of esters is 1. The van der Waals surface area contributed by atoms with Crippen molar-refractivity contribution in [2.75, 3.05) is 18.6 Å². The van der Waals surface area contributed by atoms with Gasteiger partial charge in [0.25, 0.3) is 0 Å². The monoisotopic (exact) mass is 289 g/mol. The zero-order valence-corrected chi connectivity index (χ0v) is 12.8. The lowest BCUT2D eigenvalue weighted by molar-refractivity contribution is -0.141. The zero-order chi connectivity index (χ0) is 14.5. The van der Waals surface area contributed by atoms with Crippen LogP contribution in [-0.2, 0) is 14.3 Å². The second-order valence-electron chi connectivity index (χ2n) is 5.66. The Hall–Kier alpha value is -0.910. The second kappa shape index (κ2) is 7.03. The quantitative estimate of drug-likeness (QED) is 0.807. The number of carbonyl (C=O) groups is 2. The highest BCUT2D eigenvalue weighted by Crippen LogP contribution is 2.26. The predicted octanol–water partition coefficient (Wildman–Crippen LogP) is 2.20. The van der Waals surface area contributed by atoms with Crippen LogP contribution in [0.3, 0.4) is 0 Å². The number of amides is 1. The Labute approximate surface area is 118 Å². The Kier molecular flexibility index (Phi) is 5.97. The van der Waals surface area contributed by atoms with Crippen molar-refractivity contribution in [1.29, 1.82) is 0 Å². The molecule has 1 aliphatic heterocycles. The summed E-state index contributed by atoms with van der Waals surface area (Å²) in [4.78, 5) is 23.1. The highest BCUT2D eigenvalue weighted by Gasteiger charge is 2.30. The molecule has 0 aliphatic carbocycles. The molecule has 0 saturated carbocycles. The van der Waals surface area contributed by atoms with Crippen LogP contribution in [0.15, 0.2) is 0 Å². The van der Waals surface area contributed by atoms with Crippen LogP contribution in [0.1, 0.15) is 33.6 Å². The molecule has 1 saturated heterocycles. The Morgan fingerprint density at radius 1 is 1.37 bits per heavy atom. The van der Waals surface area contributed by atoms with Gasteiger partial charge in [0, 0.05) is 6.04 Å². The molecule has 1 aliphatic rings. The predicted molar refractivity (Wildman–Crippen MR) is 75.2 cm³/mol. The summed E-state index contributed by atoms with van der Waals surface area (Å²) in [6, 6.07) is -0.0183. The molecule has 0 bridgehead atoms. The molecule has 1 rings (SSSR count). The van der Waals surface area contributed by atoms with Crippen LogP contribution in [0, 0.1) is 5.92 Å². The van der Waals surface area contributed by atoms with Crippen LogP contribution in [0.2, 0.25) is 0 Å². The van der Waals surface area contributed by atoms with Gasteiger partial charge in [0.15, 0.2) is 0 Å². The van der Waals surface area contributed by atoms with Crippen molar-refractivity contribution >= 4 is 23.8 Å². The molecule has 0 aromatic carbocycles. The SMILES string of the molecule is COC(=O)CC1CSCCC1NC(=O)OC(C)(C)C. The third-order valence-corrected chi connectivity index (χ3v) is 4.02. The van der Waals surface area contributed by atoms with E-state index in [1.54, 1.807) is 11.8 Å². The highest BCUT2D eigenvalue weighted by molar-refractivity contribution is 7.99. The van der Waals surface area contributed by atoms with Crippen molar-refractivity contribution in [3.05, 3.63) is 0 Å². The summed E-state index contributed by atoms with van der Waals surface area (Å²) in [7, 11) is 1.38. The lowest BCUT2D eigenvalue weighted by atomic mass is 9.95. The van der Waals surface area contributed by atoms with Crippen molar-refractivity contribution in [1.82, 2.24) is 5.32 Å². The lowest BCUT2D eigenvalue weighted by Gasteiger charge is -2.32. The number of carbonyl (C=O) groups excluding carboxylic acids is 2. The fourth-order valence-corrected chi connectivity index (χ4v) is 3.18. The number of hydrogen-bond donors (Lipinski definition) is 1. The average molecular weight is 289 g/mol. The van der Waals surface area contributed by atoms with E-state index >= 15 is 0 Å².